The first-order valence-corrected chi connectivity index (χ1v) is 14.8. The Bertz CT molecular complexity index is 2270. The molecule has 7 aromatic carbocycles. The molecule has 0 aliphatic carbocycles. The molecule has 44 heavy (non-hydrogen) atoms. The van der Waals surface area contributed by atoms with Gasteiger partial charge in [-0.1, -0.05) is 158 Å². The summed E-state index contributed by atoms with van der Waals surface area (Å²) < 4.78 is 0. The van der Waals surface area contributed by atoms with E-state index >= 15 is 0 Å². The molecule has 3 heteroatoms. The second-order valence-electron chi connectivity index (χ2n) is 10.9. The molecule has 3 nitrogen and oxygen atoms in total. The highest BCUT2D eigenvalue weighted by Gasteiger charge is 2.20. The van der Waals surface area contributed by atoms with Gasteiger partial charge in [0.2, 0.25) is 0 Å². The monoisotopic (exact) mass is 561 g/mol. The number of rotatable bonds is 5. The minimum Gasteiger partial charge on any atom is -0.208 e. The Morgan fingerprint density at radius 3 is 1.66 bits per heavy atom. The van der Waals surface area contributed by atoms with Crippen molar-refractivity contribution < 1.29 is 0 Å². The van der Waals surface area contributed by atoms with Crippen LogP contribution in [0.4, 0.5) is 0 Å². The molecule has 0 N–H and O–H groups in total. The normalized spacial score (nSPS) is 11.2. The smallest absolute Gasteiger partial charge is 0.165 e. The van der Waals surface area contributed by atoms with E-state index in [1.54, 1.807) is 0 Å². The fourth-order valence-corrected chi connectivity index (χ4v) is 5.98. The summed E-state index contributed by atoms with van der Waals surface area (Å²) in [5, 5.41) is 4.65. The minimum atomic E-state index is 0.644. The number of hydrogen-bond donors (Lipinski definition) is 0. The number of fused-ring (bicyclic) bond motifs is 2. The average Bonchev–Trinajstić information content (AvgIpc) is 3.11. The maximum atomic E-state index is 5.26. The van der Waals surface area contributed by atoms with Crippen molar-refractivity contribution in [3.63, 3.8) is 0 Å². The fourth-order valence-electron chi connectivity index (χ4n) is 5.98. The van der Waals surface area contributed by atoms with Crippen LogP contribution >= 0.6 is 0 Å². The number of nitrogens with zero attached hydrogens (tertiary/aromatic N) is 3. The van der Waals surface area contributed by atoms with Crippen molar-refractivity contribution in [2.24, 2.45) is 0 Å². The molecule has 1 heterocycles. The Morgan fingerprint density at radius 2 is 0.864 bits per heavy atom. The van der Waals surface area contributed by atoms with Crippen molar-refractivity contribution in [2.45, 2.75) is 0 Å². The molecule has 0 atom stereocenters. The van der Waals surface area contributed by atoms with Gasteiger partial charge in [-0.2, -0.15) is 0 Å². The van der Waals surface area contributed by atoms with E-state index in [0.717, 1.165) is 49.7 Å². The van der Waals surface area contributed by atoms with Crippen molar-refractivity contribution in [3.05, 3.63) is 164 Å². The molecule has 0 saturated heterocycles. The summed E-state index contributed by atoms with van der Waals surface area (Å²) in [6.07, 6.45) is 0. The Kier molecular flexibility index (Phi) is 6.47. The first-order valence-electron chi connectivity index (χ1n) is 14.8. The van der Waals surface area contributed by atoms with E-state index in [9.17, 15) is 0 Å². The largest absolute Gasteiger partial charge is 0.208 e. The van der Waals surface area contributed by atoms with Crippen molar-refractivity contribution in [1.82, 2.24) is 15.0 Å². The Hall–Kier alpha value is -5.93. The number of aromatic nitrogens is 3. The lowest BCUT2D eigenvalue weighted by Gasteiger charge is -2.16. The first kappa shape index (κ1) is 25.8. The molecule has 8 aromatic rings. The van der Waals surface area contributed by atoms with E-state index in [1.165, 1.54) is 10.8 Å². The van der Waals surface area contributed by atoms with Gasteiger partial charge in [-0.3, -0.25) is 0 Å². The molecule has 0 aliphatic rings. The lowest BCUT2D eigenvalue weighted by molar-refractivity contribution is 1.08. The average molecular weight is 562 g/mol. The zero-order chi connectivity index (χ0) is 29.3. The van der Waals surface area contributed by atoms with E-state index in [0.29, 0.717) is 17.5 Å². The van der Waals surface area contributed by atoms with Gasteiger partial charge in [-0.15, -0.1) is 0 Å². The molecular weight excluding hydrogens is 534 g/mol. The third-order valence-electron chi connectivity index (χ3n) is 8.13. The highest BCUT2D eigenvalue weighted by atomic mass is 15.0. The van der Waals surface area contributed by atoms with Crippen molar-refractivity contribution in [2.75, 3.05) is 0 Å². The summed E-state index contributed by atoms with van der Waals surface area (Å²) in [4.78, 5) is 15.5. The molecule has 0 bridgehead atoms. The van der Waals surface area contributed by atoms with Crippen molar-refractivity contribution in [1.29, 1.82) is 0 Å². The highest BCUT2D eigenvalue weighted by molar-refractivity contribution is 6.04. The molecule has 8 rings (SSSR count). The summed E-state index contributed by atoms with van der Waals surface area (Å²) in [7, 11) is 0. The fraction of sp³-hybridized carbons (Fsp3) is 0. The zero-order valence-electron chi connectivity index (χ0n) is 23.9. The van der Waals surface area contributed by atoms with Gasteiger partial charge in [0.05, 0.1) is 0 Å². The van der Waals surface area contributed by atoms with Crippen LogP contribution in [0.25, 0.3) is 78.0 Å². The predicted molar refractivity (Wildman–Crippen MR) is 182 cm³/mol. The van der Waals surface area contributed by atoms with Gasteiger partial charge in [0, 0.05) is 16.7 Å². The summed E-state index contributed by atoms with van der Waals surface area (Å²) in [6.45, 7) is 0. The topological polar surface area (TPSA) is 38.7 Å². The van der Waals surface area contributed by atoms with Gasteiger partial charge in [0.1, 0.15) is 0 Å². The van der Waals surface area contributed by atoms with Gasteiger partial charge in [-0.25, -0.2) is 15.0 Å². The van der Waals surface area contributed by atoms with Crippen LogP contribution in [-0.2, 0) is 0 Å². The Balaban J connectivity index is 1.43. The standard InChI is InChI=1S/C41H27N3/c1-3-14-29(15-4-1)34-20-11-12-22-37(34)40-42-39(31-17-5-2-6-18-31)43-41(44-40)38-35-21-10-9-16-30(35)25-26-36(38)33-24-23-28-13-7-8-19-32(28)27-33/h1-27H. The van der Waals surface area contributed by atoms with Gasteiger partial charge in [0.25, 0.3) is 0 Å². The lowest BCUT2D eigenvalue weighted by atomic mass is 9.92. The second-order valence-corrected chi connectivity index (χ2v) is 10.9. The number of benzene rings is 7. The van der Waals surface area contributed by atoms with Crippen LogP contribution in [0.15, 0.2) is 164 Å². The third-order valence-corrected chi connectivity index (χ3v) is 8.13. The lowest BCUT2D eigenvalue weighted by Crippen LogP contribution is -2.02. The summed E-state index contributed by atoms with van der Waals surface area (Å²) in [6, 6.07) is 56.9. The molecular formula is C41H27N3. The van der Waals surface area contributed by atoms with Crippen LogP contribution in [0.3, 0.4) is 0 Å². The van der Waals surface area contributed by atoms with Crippen LogP contribution in [0.5, 0.6) is 0 Å². The molecule has 0 radical (unpaired) electrons. The maximum absolute atomic E-state index is 5.26. The van der Waals surface area contributed by atoms with Gasteiger partial charge in [-0.05, 0) is 49.9 Å². The van der Waals surface area contributed by atoms with E-state index in [-0.39, 0.29) is 0 Å². The van der Waals surface area contributed by atoms with Crippen LogP contribution in [-0.4, -0.2) is 15.0 Å². The van der Waals surface area contributed by atoms with E-state index in [4.69, 9.17) is 15.0 Å². The molecule has 0 fully saturated rings. The molecule has 0 amide bonds. The third kappa shape index (κ3) is 4.71. The summed E-state index contributed by atoms with van der Waals surface area (Å²) in [5.41, 5.74) is 7.31. The van der Waals surface area contributed by atoms with Crippen molar-refractivity contribution in [3.8, 4) is 56.4 Å². The minimum absolute atomic E-state index is 0.644. The van der Waals surface area contributed by atoms with Crippen LogP contribution in [0, 0.1) is 0 Å². The maximum Gasteiger partial charge on any atom is 0.165 e. The van der Waals surface area contributed by atoms with Gasteiger partial charge >= 0.3 is 0 Å². The predicted octanol–water partition coefficient (Wildman–Crippen LogP) is 10.5. The van der Waals surface area contributed by atoms with Crippen LogP contribution in [0.2, 0.25) is 0 Å². The van der Waals surface area contributed by atoms with Gasteiger partial charge < -0.3 is 0 Å². The van der Waals surface area contributed by atoms with Crippen LogP contribution in [0.1, 0.15) is 0 Å². The zero-order valence-corrected chi connectivity index (χ0v) is 23.9. The van der Waals surface area contributed by atoms with E-state index < -0.39 is 0 Å². The molecule has 0 spiro atoms. The van der Waals surface area contributed by atoms with Crippen molar-refractivity contribution >= 4 is 21.5 Å². The molecule has 206 valence electrons. The molecule has 0 aliphatic heterocycles. The van der Waals surface area contributed by atoms with Gasteiger partial charge in [0.15, 0.2) is 17.5 Å². The molecule has 0 saturated carbocycles. The van der Waals surface area contributed by atoms with E-state index in [1.807, 2.05) is 30.3 Å². The molecule has 0 unspecified atom stereocenters. The summed E-state index contributed by atoms with van der Waals surface area (Å²) in [5.74, 6) is 1.94. The van der Waals surface area contributed by atoms with Crippen LogP contribution < -0.4 is 0 Å². The quantitative estimate of drug-likeness (QED) is 0.210. The Morgan fingerprint density at radius 1 is 0.295 bits per heavy atom. The first-order chi connectivity index (χ1) is 21.8. The molecule has 1 aromatic heterocycles. The Labute approximate surface area is 256 Å². The second kappa shape index (κ2) is 11.0. The number of hydrogen-bond acceptors (Lipinski definition) is 3. The highest BCUT2D eigenvalue weighted by Crippen LogP contribution is 2.39. The van der Waals surface area contributed by atoms with E-state index in [2.05, 4.69) is 133 Å². The SMILES string of the molecule is c1ccc(-c2nc(-c3ccccc3-c3ccccc3)nc(-c3c(-c4ccc5ccccc5c4)ccc4ccccc34)n2)cc1. The summed E-state index contributed by atoms with van der Waals surface area (Å²) >= 11 is 0.